The molecule has 0 aliphatic rings. The number of nitrogens with zero attached hydrogens (tertiary/aromatic N) is 7. The molecule has 0 saturated heterocycles. The normalized spacial score (nSPS) is 12.5. The smallest absolute Gasteiger partial charge is 0.296 e. The van der Waals surface area contributed by atoms with E-state index in [2.05, 4.69) is 36.0 Å². The number of phenolic OH excluding ortho intramolecular Hbond substituents is 3. The van der Waals surface area contributed by atoms with E-state index >= 15 is 0 Å². The molecule has 0 spiro atoms. The van der Waals surface area contributed by atoms with Gasteiger partial charge in [0.25, 0.3) is 36.0 Å². The van der Waals surface area contributed by atoms with Gasteiger partial charge in [-0.05, 0) is 66.0 Å². The molecule has 0 saturated carbocycles. The highest BCUT2D eigenvalue weighted by atomic mass is 32.2. The number of nitro groups is 1. The van der Waals surface area contributed by atoms with Crippen LogP contribution in [0.4, 0.5) is 51.2 Å². The van der Waals surface area contributed by atoms with Crippen molar-refractivity contribution in [2.45, 2.75) is 14.7 Å². The number of nitrogens with one attached hydrogen (secondary N) is 1. The summed E-state index contributed by atoms with van der Waals surface area (Å²) in [6.45, 7) is 0. The number of para-hydroxylation sites is 1. The molecule has 0 aliphatic carbocycles. The van der Waals surface area contributed by atoms with Gasteiger partial charge >= 0.3 is 0 Å². The Morgan fingerprint density at radius 1 is 0.559 bits per heavy atom. The average Bonchev–Trinajstić information content (AvgIpc) is 3.16. The summed E-state index contributed by atoms with van der Waals surface area (Å²) < 4.78 is 102. The molecule has 0 heterocycles. The summed E-state index contributed by atoms with van der Waals surface area (Å²) in [5, 5.41) is 69.6. The third-order valence-corrected chi connectivity index (χ3v) is 10.5. The Bertz CT molecular complexity index is 3100. The van der Waals surface area contributed by atoms with Gasteiger partial charge in [0.05, 0.1) is 42.9 Å². The van der Waals surface area contributed by atoms with Crippen molar-refractivity contribution in [2.75, 3.05) is 5.32 Å². The third kappa shape index (κ3) is 9.47. The second-order valence-electron chi connectivity index (χ2n) is 11.9. The lowest BCUT2D eigenvalue weighted by atomic mass is 10.1. The number of azo groups is 3. The van der Waals surface area contributed by atoms with Gasteiger partial charge in [-0.15, -0.1) is 20.5 Å². The third-order valence-electron chi connectivity index (χ3n) is 7.92. The van der Waals surface area contributed by atoms with Crippen LogP contribution in [0, 0.1) is 10.1 Å². The Morgan fingerprint density at radius 3 is 1.66 bits per heavy atom. The summed E-state index contributed by atoms with van der Waals surface area (Å²) in [4.78, 5) is 8.06. The summed E-state index contributed by atoms with van der Waals surface area (Å²) in [7, 11) is -14.8. The Morgan fingerprint density at radius 2 is 1.10 bits per heavy atom. The zero-order valence-electron chi connectivity index (χ0n) is 29.1. The molecule has 7 N–H and O–H groups in total. The van der Waals surface area contributed by atoms with E-state index in [4.69, 9.17) is 0 Å². The highest BCUT2D eigenvalue weighted by Crippen LogP contribution is 2.51. The van der Waals surface area contributed by atoms with E-state index in [1.54, 1.807) is 30.3 Å². The van der Waals surface area contributed by atoms with Crippen molar-refractivity contribution in [3.8, 4) is 17.2 Å². The first-order valence-corrected chi connectivity index (χ1v) is 20.3. The van der Waals surface area contributed by atoms with Gasteiger partial charge in [-0.3, -0.25) is 23.8 Å². The lowest BCUT2D eigenvalue weighted by Crippen LogP contribution is -2.03. The van der Waals surface area contributed by atoms with Crippen LogP contribution >= 0.6 is 0 Å². The summed E-state index contributed by atoms with van der Waals surface area (Å²) in [5.74, 6) is -2.79. The average molecular weight is 865 g/mol. The van der Waals surface area contributed by atoms with Crippen molar-refractivity contribution < 1.29 is 59.2 Å². The van der Waals surface area contributed by atoms with Gasteiger partial charge in [0.15, 0.2) is 17.2 Å². The van der Waals surface area contributed by atoms with Crippen LogP contribution < -0.4 is 5.32 Å². The van der Waals surface area contributed by atoms with E-state index in [9.17, 15) is 64.3 Å². The maximum Gasteiger partial charge on any atom is 0.296 e. The molecule has 0 unspecified atom stereocenters. The van der Waals surface area contributed by atoms with Crippen molar-refractivity contribution in [1.82, 2.24) is 0 Å². The fourth-order valence-electron chi connectivity index (χ4n) is 5.20. The number of benzene rings is 6. The first kappa shape index (κ1) is 41.3. The van der Waals surface area contributed by atoms with Crippen molar-refractivity contribution in [1.29, 1.82) is 0 Å². The van der Waals surface area contributed by atoms with Crippen LogP contribution in [0.2, 0.25) is 0 Å². The number of nitro benzene ring substituents is 1. The second kappa shape index (κ2) is 15.9. The van der Waals surface area contributed by atoms with Crippen LogP contribution in [0.25, 0.3) is 10.8 Å². The minimum atomic E-state index is -5.04. The molecule has 0 fully saturated rings. The highest BCUT2D eigenvalue weighted by Gasteiger charge is 2.23. The van der Waals surface area contributed by atoms with Gasteiger partial charge in [-0.25, -0.2) is 0 Å². The fraction of sp³-hybridized carbons (Fsp3) is 0. The van der Waals surface area contributed by atoms with Crippen LogP contribution in [0.5, 0.6) is 17.2 Å². The number of aromatic hydroxyl groups is 3. The van der Waals surface area contributed by atoms with Gasteiger partial charge in [-0.2, -0.15) is 35.5 Å². The number of hydrogen-bond donors (Lipinski definition) is 7. The standard InChI is InChI=1S/C34H24N8O14S3/c43-29-16-24(58(51,52)53)13-18-12-23(57(48,49)50)15-26(31(18)29)38-41-32-33(44)27(39-36-20-6-9-22(10-7-20)42(46)47)17-28(34(32)45)40-37-21-8-11-25(30(14-21)59(54,55)56)35-19-4-2-1-3-5-19/h1-17,35,43-45H,(H,48,49,50)(H,51,52,53)(H,54,55,56). The van der Waals surface area contributed by atoms with Gasteiger partial charge in [-0.1, -0.05) is 18.2 Å². The van der Waals surface area contributed by atoms with Crippen molar-refractivity contribution in [3.63, 3.8) is 0 Å². The maximum atomic E-state index is 12.3. The summed E-state index contributed by atoms with van der Waals surface area (Å²) in [6.07, 6.45) is 0. The molecular weight excluding hydrogens is 841 g/mol. The first-order chi connectivity index (χ1) is 27.7. The minimum absolute atomic E-state index is 0.0346. The number of hydrogen-bond acceptors (Lipinski definition) is 18. The van der Waals surface area contributed by atoms with E-state index < -0.39 is 90.0 Å². The SMILES string of the molecule is O=[N+]([O-])c1ccc(N=Nc2cc(N=Nc3ccc(Nc4ccccc4)c(S(=O)(=O)O)c3)c(O)c(N=Nc3cc(S(=O)(=O)O)cc4cc(S(=O)(=O)O)cc(O)c34)c2O)cc1. The lowest BCUT2D eigenvalue weighted by Gasteiger charge is -2.11. The van der Waals surface area contributed by atoms with Gasteiger partial charge in [0.2, 0.25) is 0 Å². The molecule has 302 valence electrons. The molecule has 0 aliphatic heterocycles. The number of non-ortho nitro benzene ring substituents is 1. The Balaban J connectivity index is 1.50. The van der Waals surface area contributed by atoms with Gasteiger partial charge < -0.3 is 20.6 Å². The molecule has 22 nitrogen and oxygen atoms in total. The second-order valence-corrected chi connectivity index (χ2v) is 16.1. The number of phenols is 3. The molecule has 59 heavy (non-hydrogen) atoms. The van der Waals surface area contributed by atoms with Crippen molar-refractivity contribution >= 4 is 92.3 Å². The van der Waals surface area contributed by atoms with Crippen LogP contribution in [-0.2, 0) is 30.4 Å². The predicted octanol–water partition coefficient (Wildman–Crippen LogP) is 8.59. The van der Waals surface area contributed by atoms with E-state index in [1.165, 1.54) is 24.3 Å². The lowest BCUT2D eigenvalue weighted by molar-refractivity contribution is -0.384. The maximum absolute atomic E-state index is 12.3. The van der Waals surface area contributed by atoms with Crippen LogP contribution in [0.1, 0.15) is 0 Å². The Hall–Kier alpha value is -7.29. The van der Waals surface area contributed by atoms with Crippen LogP contribution in [0.15, 0.2) is 149 Å². The monoisotopic (exact) mass is 864 g/mol. The van der Waals surface area contributed by atoms with E-state index in [1.807, 2.05) is 0 Å². The van der Waals surface area contributed by atoms with Crippen molar-refractivity contribution in [3.05, 3.63) is 113 Å². The van der Waals surface area contributed by atoms with Crippen molar-refractivity contribution in [2.24, 2.45) is 30.7 Å². The molecule has 0 atom stereocenters. The van der Waals surface area contributed by atoms with Crippen LogP contribution in [-0.4, -0.2) is 59.2 Å². The van der Waals surface area contributed by atoms with E-state index in [0.29, 0.717) is 17.8 Å². The summed E-state index contributed by atoms with van der Waals surface area (Å²) in [6, 6.07) is 20.3. The molecule has 0 radical (unpaired) electrons. The van der Waals surface area contributed by atoms with Crippen LogP contribution in [0.3, 0.4) is 0 Å². The topological polar surface area (TPSA) is 353 Å². The van der Waals surface area contributed by atoms with E-state index in [0.717, 1.165) is 36.4 Å². The van der Waals surface area contributed by atoms with Gasteiger partial charge in [0.1, 0.15) is 22.0 Å². The molecule has 25 heteroatoms. The highest BCUT2D eigenvalue weighted by molar-refractivity contribution is 7.86. The van der Waals surface area contributed by atoms with Gasteiger partial charge in [0, 0.05) is 30.0 Å². The molecule has 0 aromatic heterocycles. The summed E-state index contributed by atoms with van der Waals surface area (Å²) in [5.41, 5.74) is -2.43. The zero-order valence-corrected chi connectivity index (χ0v) is 31.6. The largest absolute Gasteiger partial charge is 0.507 e. The molecule has 6 aromatic carbocycles. The molecule has 0 amide bonds. The quantitative estimate of drug-likeness (QED) is 0.0262. The number of anilines is 2. The fourth-order valence-corrected chi connectivity index (χ4v) is 6.94. The Kier molecular flexibility index (Phi) is 11.2. The Labute approximate surface area is 331 Å². The first-order valence-electron chi connectivity index (χ1n) is 16.0. The molecular formula is C34H24N8O14S3. The minimum Gasteiger partial charge on any atom is -0.507 e. The molecule has 6 aromatic rings. The predicted molar refractivity (Wildman–Crippen MR) is 207 cm³/mol. The number of fused-ring (bicyclic) bond motifs is 1. The molecule has 6 rings (SSSR count). The number of rotatable bonds is 12. The zero-order chi connectivity index (χ0) is 42.9. The summed E-state index contributed by atoms with van der Waals surface area (Å²) >= 11 is 0. The molecule has 0 bridgehead atoms. The van der Waals surface area contributed by atoms with E-state index in [-0.39, 0.29) is 33.5 Å².